The SMILES string of the molecule is CCC(C)(C)Oc1ccc(C(C)(C)CC)cc1.CCC(C)c1ccc(OC(C)(C)CC)cc1.CCCC(C)(C)Oc1ccc(C(C)(C)CC)cc1.CCCC(C)(C)Oc1ccc(C(C)CC)cc1.COC.COC.COC.COC. The van der Waals surface area contributed by atoms with Gasteiger partial charge in [0.1, 0.15) is 45.4 Å². The van der Waals surface area contributed by atoms with Crippen LogP contribution in [0.25, 0.3) is 0 Å². The van der Waals surface area contributed by atoms with E-state index in [0.717, 1.165) is 74.4 Å². The first-order chi connectivity index (χ1) is 37.2. The molecule has 0 saturated heterocycles. The smallest absolute Gasteiger partial charge is 0.120 e. The van der Waals surface area contributed by atoms with E-state index in [2.05, 4.69) is 268 Å². The van der Waals surface area contributed by atoms with E-state index in [-0.39, 0.29) is 33.2 Å². The van der Waals surface area contributed by atoms with Gasteiger partial charge in [-0.3, -0.25) is 0 Å². The maximum absolute atomic E-state index is 6.04. The standard InChI is InChI=1S/C17H28O.2C16H26O.C15H24O.4C2H6O/c1-7-13-17(5,6)18-15-11-9-14(10-12-15)16(3,4)8-2;1-7-15(3,4)13-9-11-14(12-10-13)17-16(5,6)8-2;1-6-12-16(4,5)17-15-10-8-14(9-11-15)13(3)7-2;1-6-12(3)13-8-10-14(11-9-13)16-15(4,5)7-2;4*1-3-2/h9-12H,7-8,13H2,1-6H3;9-12H,7-8H2,1-6H3;8-11,13H,6-7,12H2,1-5H3;8-12H,6-7H2,1-5H3;4*1-2H3. The summed E-state index contributed by atoms with van der Waals surface area (Å²) in [4.78, 5) is 0. The van der Waals surface area contributed by atoms with Gasteiger partial charge < -0.3 is 37.9 Å². The lowest BCUT2D eigenvalue weighted by molar-refractivity contribution is 0.0981. The van der Waals surface area contributed by atoms with E-state index >= 15 is 0 Å². The van der Waals surface area contributed by atoms with Crippen LogP contribution < -0.4 is 18.9 Å². The molecule has 4 rings (SSSR count). The average Bonchev–Trinajstić information content (AvgIpc) is 3.40. The molecule has 0 bridgehead atoms. The predicted molar refractivity (Wildman–Crippen MR) is 351 cm³/mol. The Morgan fingerprint density at radius 1 is 0.300 bits per heavy atom. The number of benzene rings is 4. The van der Waals surface area contributed by atoms with Gasteiger partial charge in [-0.1, -0.05) is 158 Å². The van der Waals surface area contributed by atoms with Gasteiger partial charge in [-0.15, -0.1) is 0 Å². The molecular weight excluding hydrogens is 993 g/mol. The van der Waals surface area contributed by atoms with E-state index < -0.39 is 0 Å². The Morgan fingerprint density at radius 3 is 0.675 bits per heavy atom. The summed E-state index contributed by atoms with van der Waals surface area (Å²) in [6, 6.07) is 34.2. The molecule has 0 aliphatic carbocycles. The van der Waals surface area contributed by atoms with Crippen LogP contribution in [0.1, 0.15) is 251 Å². The molecule has 8 heteroatoms. The highest BCUT2D eigenvalue weighted by Gasteiger charge is 2.23. The minimum absolute atomic E-state index is 0.0629. The molecule has 0 amide bonds. The summed E-state index contributed by atoms with van der Waals surface area (Å²) in [5.41, 5.74) is 5.75. The van der Waals surface area contributed by atoms with Crippen LogP contribution in [0, 0.1) is 0 Å². The van der Waals surface area contributed by atoms with Crippen molar-refractivity contribution < 1.29 is 37.9 Å². The van der Waals surface area contributed by atoms with E-state index in [1.54, 1.807) is 56.9 Å². The van der Waals surface area contributed by atoms with Gasteiger partial charge >= 0.3 is 0 Å². The summed E-state index contributed by atoms with van der Waals surface area (Å²) in [5, 5.41) is 0. The number of hydrogen-bond donors (Lipinski definition) is 0. The molecule has 0 aromatic heterocycles. The molecule has 0 saturated carbocycles. The molecular formula is C72H128O8. The van der Waals surface area contributed by atoms with Crippen molar-refractivity contribution in [2.24, 2.45) is 0 Å². The molecule has 464 valence electrons. The molecule has 4 aromatic rings. The second kappa shape index (κ2) is 44.5. The van der Waals surface area contributed by atoms with Gasteiger partial charge in [0.15, 0.2) is 0 Å². The monoisotopic (exact) mass is 1120 g/mol. The fraction of sp³-hybridized carbons (Fsp3) is 0.667. The Balaban J connectivity index is -0.000000450. The van der Waals surface area contributed by atoms with E-state index in [0.29, 0.717) is 11.8 Å². The molecule has 0 aliphatic rings. The normalized spacial score (nSPS) is 12.0. The molecule has 0 fully saturated rings. The zero-order valence-corrected chi connectivity index (χ0v) is 57.7. The van der Waals surface area contributed by atoms with Crippen molar-refractivity contribution >= 4 is 0 Å². The summed E-state index contributed by atoms with van der Waals surface area (Å²) >= 11 is 0. The third kappa shape index (κ3) is 39.4. The zero-order valence-electron chi connectivity index (χ0n) is 57.7. The molecule has 0 spiro atoms. The van der Waals surface area contributed by atoms with Gasteiger partial charge in [0.05, 0.1) is 0 Å². The van der Waals surface area contributed by atoms with Gasteiger partial charge in [0.2, 0.25) is 0 Å². The van der Waals surface area contributed by atoms with E-state index in [1.165, 1.54) is 35.1 Å². The number of hydrogen-bond acceptors (Lipinski definition) is 8. The van der Waals surface area contributed by atoms with E-state index in [9.17, 15) is 0 Å². The van der Waals surface area contributed by atoms with Crippen LogP contribution in [-0.2, 0) is 29.8 Å². The van der Waals surface area contributed by atoms with Crippen molar-refractivity contribution in [3.8, 4) is 23.0 Å². The van der Waals surface area contributed by atoms with Crippen molar-refractivity contribution in [2.45, 2.75) is 262 Å². The lowest BCUT2D eigenvalue weighted by Gasteiger charge is -2.27. The summed E-state index contributed by atoms with van der Waals surface area (Å²) in [7, 11) is 13.0. The average molecular weight is 1120 g/mol. The Morgan fingerprint density at radius 2 is 0.500 bits per heavy atom. The second-order valence-corrected chi connectivity index (χ2v) is 24.6. The van der Waals surface area contributed by atoms with E-state index in [4.69, 9.17) is 18.9 Å². The predicted octanol–water partition coefficient (Wildman–Crippen LogP) is 21.2. The molecule has 0 N–H and O–H groups in total. The van der Waals surface area contributed by atoms with Crippen molar-refractivity contribution in [3.05, 3.63) is 119 Å². The first kappa shape index (κ1) is 82.4. The zero-order chi connectivity index (χ0) is 62.8. The van der Waals surface area contributed by atoms with Crippen LogP contribution in [0.15, 0.2) is 97.1 Å². The van der Waals surface area contributed by atoms with Gasteiger partial charge in [-0.05, 0) is 200 Å². The second-order valence-electron chi connectivity index (χ2n) is 24.6. The molecule has 4 aromatic carbocycles. The topological polar surface area (TPSA) is 73.8 Å². The number of ether oxygens (including phenoxy) is 8. The molecule has 80 heavy (non-hydrogen) atoms. The molecule has 0 radical (unpaired) electrons. The molecule has 2 atom stereocenters. The Bertz CT molecular complexity index is 1990. The van der Waals surface area contributed by atoms with Crippen LogP contribution >= 0.6 is 0 Å². The highest BCUT2D eigenvalue weighted by molar-refractivity contribution is 5.34. The van der Waals surface area contributed by atoms with Crippen molar-refractivity contribution in [2.75, 3.05) is 56.9 Å². The number of rotatable bonds is 22. The van der Waals surface area contributed by atoms with E-state index in [1.807, 2.05) is 0 Å². The number of methoxy groups -OCH3 is 4. The molecule has 2 unspecified atom stereocenters. The Hall–Kier alpha value is -4.08. The van der Waals surface area contributed by atoms with Crippen molar-refractivity contribution in [1.82, 2.24) is 0 Å². The van der Waals surface area contributed by atoms with Crippen LogP contribution in [0.2, 0.25) is 0 Å². The summed E-state index contributed by atoms with van der Waals surface area (Å²) < 4.78 is 40.9. The first-order valence-corrected chi connectivity index (χ1v) is 30.0. The fourth-order valence-corrected chi connectivity index (χ4v) is 7.28. The largest absolute Gasteiger partial charge is 0.488 e. The van der Waals surface area contributed by atoms with Crippen LogP contribution in [-0.4, -0.2) is 79.3 Å². The van der Waals surface area contributed by atoms with Gasteiger partial charge in [-0.25, -0.2) is 0 Å². The minimum atomic E-state index is -0.0816. The first-order valence-electron chi connectivity index (χ1n) is 30.0. The van der Waals surface area contributed by atoms with Gasteiger partial charge in [-0.2, -0.15) is 0 Å². The maximum atomic E-state index is 6.04. The summed E-state index contributed by atoms with van der Waals surface area (Å²) in [6.07, 6.45) is 11.1. The highest BCUT2D eigenvalue weighted by atomic mass is 16.5. The molecule has 8 nitrogen and oxygen atoms in total. The lowest BCUT2D eigenvalue weighted by Crippen LogP contribution is -2.27. The summed E-state index contributed by atoms with van der Waals surface area (Å²) in [5.74, 6) is 5.16. The highest BCUT2D eigenvalue weighted by Crippen LogP contribution is 2.32. The van der Waals surface area contributed by atoms with Gasteiger partial charge in [0.25, 0.3) is 0 Å². The van der Waals surface area contributed by atoms with Crippen LogP contribution in [0.5, 0.6) is 23.0 Å². The van der Waals surface area contributed by atoms with Crippen molar-refractivity contribution in [3.63, 3.8) is 0 Å². The quantitative estimate of drug-likeness (QED) is 0.0771. The lowest BCUT2D eigenvalue weighted by atomic mass is 9.82. The minimum Gasteiger partial charge on any atom is -0.488 e. The maximum Gasteiger partial charge on any atom is 0.120 e. The Kier molecular flexibility index (Phi) is 45.8. The molecule has 0 heterocycles. The molecule has 0 aliphatic heterocycles. The fourth-order valence-electron chi connectivity index (χ4n) is 7.28. The van der Waals surface area contributed by atoms with Crippen LogP contribution in [0.4, 0.5) is 0 Å². The Labute approximate surface area is 496 Å². The van der Waals surface area contributed by atoms with Crippen LogP contribution in [0.3, 0.4) is 0 Å². The third-order valence-electron chi connectivity index (χ3n) is 14.1. The third-order valence-corrected chi connectivity index (χ3v) is 14.1. The summed E-state index contributed by atoms with van der Waals surface area (Å²) in [6.45, 7) is 48.3. The van der Waals surface area contributed by atoms with Gasteiger partial charge in [0, 0.05) is 56.9 Å². The van der Waals surface area contributed by atoms with Crippen molar-refractivity contribution in [1.29, 1.82) is 0 Å².